The standard InChI is InChI=1S/C16H21N3O3/c1-10-4-5-12(7-14(10)16(17)21)15-6-11(2)19(18-15)8-13(20)9-22-3/h4-7,13,20H,8-9H2,1-3H3,(H2,17,21)/t13-/m1/s1. The molecule has 1 aromatic heterocycles. The van der Waals surface area contributed by atoms with Gasteiger partial charge in [-0.15, -0.1) is 0 Å². The first-order valence-corrected chi connectivity index (χ1v) is 7.04. The van der Waals surface area contributed by atoms with E-state index in [1.165, 1.54) is 0 Å². The van der Waals surface area contributed by atoms with Gasteiger partial charge >= 0.3 is 0 Å². The second-order valence-corrected chi connectivity index (χ2v) is 5.36. The number of carbonyl (C=O) groups excluding carboxylic acids is 1. The molecule has 6 nitrogen and oxygen atoms in total. The van der Waals surface area contributed by atoms with Crippen molar-refractivity contribution in [3.05, 3.63) is 41.1 Å². The van der Waals surface area contributed by atoms with Gasteiger partial charge in [-0.2, -0.15) is 5.10 Å². The van der Waals surface area contributed by atoms with Crippen molar-refractivity contribution in [3.8, 4) is 11.3 Å². The third kappa shape index (κ3) is 3.52. The number of aryl methyl sites for hydroxylation is 2. The molecular weight excluding hydrogens is 282 g/mol. The van der Waals surface area contributed by atoms with E-state index >= 15 is 0 Å². The van der Waals surface area contributed by atoms with Gasteiger partial charge in [0.05, 0.1) is 24.9 Å². The molecule has 0 unspecified atom stereocenters. The maximum Gasteiger partial charge on any atom is 0.248 e. The summed E-state index contributed by atoms with van der Waals surface area (Å²) >= 11 is 0. The molecule has 0 bridgehead atoms. The highest BCUT2D eigenvalue weighted by molar-refractivity contribution is 5.95. The predicted molar refractivity (Wildman–Crippen MR) is 83.5 cm³/mol. The summed E-state index contributed by atoms with van der Waals surface area (Å²) in [5.74, 6) is -0.453. The van der Waals surface area contributed by atoms with Crippen molar-refractivity contribution in [1.82, 2.24) is 9.78 Å². The summed E-state index contributed by atoms with van der Waals surface area (Å²) in [6, 6.07) is 7.41. The lowest BCUT2D eigenvalue weighted by atomic mass is 10.0. The van der Waals surface area contributed by atoms with Crippen molar-refractivity contribution in [2.24, 2.45) is 5.73 Å². The normalized spacial score (nSPS) is 12.4. The minimum absolute atomic E-state index is 0.255. The summed E-state index contributed by atoms with van der Waals surface area (Å²) in [6.45, 7) is 4.37. The summed E-state index contributed by atoms with van der Waals surface area (Å²) in [7, 11) is 1.54. The zero-order valence-corrected chi connectivity index (χ0v) is 13.0. The molecule has 2 rings (SSSR count). The van der Waals surface area contributed by atoms with Crippen LogP contribution in [0.2, 0.25) is 0 Å². The molecule has 6 heteroatoms. The van der Waals surface area contributed by atoms with E-state index in [1.54, 1.807) is 17.9 Å². The molecule has 1 atom stereocenters. The molecular formula is C16H21N3O3. The predicted octanol–water partition coefficient (Wildman–Crippen LogP) is 1.27. The highest BCUT2D eigenvalue weighted by Crippen LogP contribution is 2.22. The van der Waals surface area contributed by atoms with Gasteiger partial charge in [0.2, 0.25) is 5.91 Å². The topological polar surface area (TPSA) is 90.4 Å². The Bertz CT molecular complexity index is 679. The first-order valence-electron chi connectivity index (χ1n) is 7.04. The third-order valence-corrected chi connectivity index (χ3v) is 3.52. The van der Waals surface area contributed by atoms with Crippen LogP contribution in [0.1, 0.15) is 21.6 Å². The maximum absolute atomic E-state index is 11.4. The van der Waals surface area contributed by atoms with E-state index in [-0.39, 0.29) is 6.61 Å². The van der Waals surface area contributed by atoms with E-state index in [1.807, 2.05) is 32.0 Å². The van der Waals surface area contributed by atoms with Gasteiger partial charge in [0.1, 0.15) is 0 Å². The van der Waals surface area contributed by atoms with Gasteiger partial charge in [-0.1, -0.05) is 12.1 Å². The smallest absolute Gasteiger partial charge is 0.248 e. The van der Waals surface area contributed by atoms with Gasteiger partial charge < -0.3 is 15.6 Å². The molecule has 22 heavy (non-hydrogen) atoms. The minimum Gasteiger partial charge on any atom is -0.389 e. The number of methoxy groups -OCH3 is 1. The SMILES string of the molecule is COC[C@H](O)Cn1nc(-c2ccc(C)c(C(N)=O)c2)cc1C. The average Bonchev–Trinajstić information content (AvgIpc) is 2.80. The van der Waals surface area contributed by atoms with Crippen molar-refractivity contribution in [2.75, 3.05) is 13.7 Å². The number of amides is 1. The summed E-state index contributed by atoms with van der Waals surface area (Å²) in [5.41, 5.74) is 9.20. The molecule has 1 amide bonds. The fourth-order valence-electron chi connectivity index (χ4n) is 2.33. The van der Waals surface area contributed by atoms with E-state index in [9.17, 15) is 9.90 Å². The van der Waals surface area contributed by atoms with Crippen LogP contribution in [0.5, 0.6) is 0 Å². The lowest BCUT2D eigenvalue weighted by Crippen LogP contribution is -2.22. The van der Waals surface area contributed by atoms with E-state index in [2.05, 4.69) is 5.10 Å². The molecule has 0 saturated heterocycles. The number of nitrogens with zero attached hydrogens (tertiary/aromatic N) is 2. The monoisotopic (exact) mass is 303 g/mol. The Labute approximate surface area is 129 Å². The van der Waals surface area contributed by atoms with E-state index < -0.39 is 12.0 Å². The van der Waals surface area contributed by atoms with Crippen LogP contribution in [0, 0.1) is 13.8 Å². The number of ether oxygens (including phenoxy) is 1. The van der Waals surface area contributed by atoms with Crippen LogP contribution in [0.15, 0.2) is 24.3 Å². The molecule has 0 saturated carbocycles. The Morgan fingerprint density at radius 1 is 1.41 bits per heavy atom. The number of rotatable bonds is 6. The van der Waals surface area contributed by atoms with E-state index in [0.29, 0.717) is 12.1 Å². The largest absolute Gasteiger partial charge is 0.389 e. The number of hydrogen-bond donors (Lipinski definition) is 2. The average molecular weight is 303 g/mol. The molecule has 118 valence electrons. The number of hydrogen-bond acceptors (Lipinski definition) is 4. The number of primary amides is 1. The van der Waals surface area contributed by atoms with Crippen LogP contribution in [-0.2, 0) is 11.3 Å². The van der Waals surface area contributed by atoms with Gasteiger partial charge in [-0.05, 0) is 31.5 Å². The highest BCUT2D eigenvalue weighted by atomic mass is 16.5. The van der Waals surface area contributed by atoms with Crippen LogP contribution in [0.25, 0.3) is 11.3 Å². The second kappa shape index (κ2) is 6.72. The second-order valence-electron chi connectivity index (χ2n) is 5.36. The first-order chi connectivity index (χ1) is 10.4. The zero-order chi connectivity index (χ0) is 16.3. The van der Waals surface area contributed by atoms with Gasteiger partial charge in [0.25, 0.3) is 0 Å². The minimum atomic E-state index is -0.615. The molecule has 0 aliphatic heterocycles. The van der Waals surface area contributed by atoms with Crippen molar-refractivity contribution in [1.29, 1.82) is 0 Å². The van der Waals surface area contributed by atoms with Crippen molar-refractivity contribution in [2.45, 2.75) is 26.5 Å². The Balaban J connectivity index is 2.30. The third-order valence-electron chi connectivity index (χ3n) is 3.52. The molecule has 0 aliphatic carbocycles. The molecule has 0 fully saturated rings. The van der Waals surface area contributed by atoms with Crippen molar-refractivity contribution >= 4 is 5.91 Å². The van der Waals surface area contributed by atoms with Crippen LogP contribution in [0.3, 0.4) is 0 Å². The summed E-state index contributed by atoms with van der Waals surface area (Å²) in [5, 5.41) is 14.3. The lowest BCUT2D eigenvalue weighted by molar-refractivity contribution is 0.0510. The molecule has 1 heterocycles. The first kappa shape index (κ1) is 16.2. The lowest BCUT2D eigenvalue weighted by Gasteiger charge is -2.10. The van der Waals surface area contributed by atoms with Gasteiger partial charge in [0.15, 0.2) is 0 Å². The quantitative estimate of drug-likeness (QED) is 0.841. The number of aromatic nitrogens is 2. The van der Waals surface area contributed by atoms with Crippen molar-refractivity contribution in [3.63, 3.8) is 0 Å². The van der Waals surface area contributed by atoms with Crippen molar-refractivity contribution < 1.29 is 14.6 Å². The molecule has 0 aliphatic rings. The molecule has 3 N–H and O–H groups in total. The number of aliphatic hydroxyl groups excluding tert-OH is 1. The molecule has 0 spiro atoms. The van der Waals surface area contributed by atoms with Crippen LogP contribution >= 0.6 is 0 Å². The Morgan fingerprint density at radius 2 is 2.14 bits per heavy atom. The molecule has 0 radical (unpaired) electrons. The van der Waals surface area contributed by atoms with E-state index in [4.69, 9.17) is 10.5 Å². The zero-order valence-electron chi connectivity index (χ0n) is 13.0. The van der Waals surface area contributed by atoms with Crippen LogP contribution < -0.4 is 5.73 Å². The fourth-order valence-corrected chi connectivity index (χ4v) is 2.33. The van der Waals surface area contributed by atoms with Gasteiger partial charge in [-0.3, -0.25) is 9.48 Å². The van der Waals surface area contributed by atoms with Gasteiger partial charge in [-0.25, -0.2) is 0 Å². The van der Waals surface area contributed by atoms with Gasteiger partial charge in [0, 0.05) is 23.9 Å². The van der Waals surface area contributed by atoms with Crippen LogP contribution in [-0.4, -0.2) is 40.6 Å². The Hall–Kier alpha value is -2.18. The maximum atomic E-state index is 11.4. The summed E-state index contributed by atoms with van der Waals surface area (Å²) in [4.78, 5) is 11.4. The molecule has 1 aromatic carbocycles. The Morgan fingerprint density at radius 3 is 2.77 bits per heavy atom. The summed E-state index contributed by atoms with van der Waals surface area (Å²) < 4.78 is 6.64. The number of carbonyl (C=O) groups is 1. The summed E-state index contributed by atoms with van der Waals surface area (Å²) in [6.07, 6.45) is -0.615. The van der Waals surface area contributed by atoms with E-state index in [0.717, 1.165) is 22.5 Å². The number of benzene rings is 1. The molecule has 2 aromatic rings. The Kier molecular flexibility index (Phi) is 4.95. The fraction of sp³-hybridized carbons (Fsp3) is 0.375. The number of aliphatic hydroxyl groups is 1. The highest BCUT2D eigenvalue weighted by Gasteiger charge is 2.13. The van der Waals surface area contributed by atoms with Crippen LogP contribution in [0.4, 0.5) is 0 Å². The number of nitrogens with two attached hydrogens (primary N) is 1.